The SMILES string of the molecule is CCC(COC(c1ccccc1)(c1ccccc1)c1ccccc1)OC(C)=O. The summed E-state index contributed by atoms with van der Waals surface area (Å²) >= 11 is 0. The molecule has 0 amide bonds. The third kappa shape index (κ3) is 4.32. The molecule has 0 N–H and O–H groups in total. The molecule has 3 nitrogen and oxygen atoms in total. The number of ether oxygens (including phenoxy) is 2. The second-order valence-electron chi connectivity index (χ2n) is 6.73. The van der Waals surface area contributed by atoms with Gasteiger partial charge in [0.15, 0.2) is 0 Å². The first-order valence-corrected chi connectivity index (χ1v) is 9.64. The van der Waals surface area contributed by atoms with Crippen LogP contribution in [0.3, 0.4) is 0 Å². The number of hydrogen-bond donors (Lipinski definition) is 0. The van der Waals surface area contributed by atoms with Crippen LogP contribution in [0.4, 0.5) is 0 Å². The molecule has 0 saturated heterocycles. The lowest BCUT2D eigenvalue weighted by Gasteiger charge is -2.37. The Kier molecular flexibility index (Phi) is 6.62. The highest BCUT2D eigenvalue weighted by Gasteiger charge is 2.38. The highest BCUT2D eigenvalue weighted by Crippen LogP contribution is 2.40. The van der Waals surface area contributed by atoms with E-state index in [1.54, 1.807) is 0 Å². The van der Waals surface area contributed by atoms with Gasteiger partial charge in [0, 0.05) is 6.92 Å². The Labute approximate surface area is 166 Å². The fraction of sp³-hybridized carbons (Fsp3) is 0.240. The van der Waals surface area contributed by atoms with Gasteiger partial charge in [0.05, 0.1) is 6.61 Å². The number of carbonyl (C=O) groups excluding carboxylic acids is 1. The van der Waals surface area contributed by atoms with Crippen molar-refractivity contribution in [2.45, 2.75) is 32.0 Å². The molecule has 3 aromatic carbocycles. The van der Waals surface area contributed by atoms with Gasteiger partial charge in [-0.25, -0.2) is 0 Å². The molecule has 3 rings (SSSR count). The van der Waals surface area contributed by atoms with Crippen molar-refractivity contribution < 1.29 is 14.3 Å². The first-order valence-electron chi connectivity index (χ1n) is 9.64. The van der Waals surface area contributed by atoms with Crippen LogP contribution < -0.4 is 0 Å². The molecule has 0 spiro atoms. The summed E-state index contributed by atoms with van der Waals surface area (Å²) in [6, 6.07) is 30.6. The minimum Gasteiger partial charge on any atom is -0.460 e. The predicted octanol–water partition coefficient (Wildman–Crippen LogP) is 5.34. The largest absolute Gasteiger partial charge is 0.460 e. The van der Waals surface area contributed by atoms with Crippen LogP contribution >= 0.6 is 0 Å². The number of esters is 1. The predicted molar refractivity (Wildman–Crippen MR) is 111 cm³/mol. The van der Waals surface area contributed by atoms with E-state index in [1.807, 2.05) is 61.5 Å². The number of hydrogen-bond acceptors (Lipinski definition) is 3. The van der Waals surface area contributed by atoms with Gasteiger partial charge in [-0.3, -0.25) is 4.79 Å². The van der Waals surface area contributed by atoms with Crippen molar-refractivity contribution in [3.8, 4) is 0 Å². The number of benzene rings is 3. The Bertz CT molecular complexity index is 763. The maximum Gasteiger partial charge on any atom is 0.302 e. The van der Waals surface area contributed by atoms with Crippen molar-refractivity contribution in [3.63, 3.8) is 0 Å². The van der Waals surface area contributed by atoms with E-state index in [2.05, 4.69) is 36.4 Å². The van der Waals surface area contributed by atoms with Gasteiger partial charge in [0.1, 0.15) is 11.7 Å². The Morgan fingerprint density at radius 2 is 1.18 bits per heavy atom. The first kappa shape index (κ1) is 19.8. The third-order valence-corrected chi connectivity index (χ3v) is 4.81. The fourth-order valence-corrected chi connectivity index (χ4v) is 3.46. The van der Waals surface area contributed by atoms with Crippen molar-refractivity contribution in [1.82, 2.24) is 0 Å². The van der Waals surface area contributed by atoms with Gasteiger partial charge in [0.25, 0.3) is 0 Å². The Hall–Kier alpha value is -2.91. The maximum absolute atomic E-state index is 11.5. The molecule has 28 heavy (non-hydrogen) atoms. The normalized spacial score (nSPS) is 12.4. The van der Waals surface area contributed by atoms with Crippen LogP contribution in [0.5, 0.6) is 0 Å². The van der Waals surface area contributed by atoms with Gasteiger partial charge in [0.2, 0.25) is 0 Å². The molecule has 1 atom stereocenters. The van der Waals surface area contributed by atoms with E-state index < -0.39 is 5.60 Å². The molecule has 0 aliphatic heterocycles. The summed E-state index contributed by atoms with van der Waals surface area (Å²) in [4.78, 5) is 11.5. The van der Waals surface area contributed by atoms with Gasteiger partial charge in [-0.05, 0) is 23.1 Å². The maximum atomic E-state index is 11.5. The van der Waals surface area contributed by atoms with Crippen molar-refractivity contribution >= 4 is 5.97 Å². The summed E-state index contributed by atoms with van der Waals surface area (Å²) in [5, 5.41) is 0. The summed E-state index contributed by atoms with van der Waals surface area (Å²) in [5.41, 5.74) is 2.30. The monoisotopic (exact) mass is 374 g/mol. The third-order valence-electron chi connectivity index (χ3n) is 4.81. The average molecular weight is 374 g/mol. The van der Waals surface area contributed by atoms with E-state index in [0.717, 1.165) is 16.7 Å². The second-order valence-corrected chi connectivity index (χ2v) is 6.73. The molecule has 0 aromatic heterocycles. The molecule has 144 valence electrons. The lowest BCUT2D eigenvalue weighted by molar-refractivity contribution is -0.152. The van der Waals surface area contributed by atoms with Gasteiger partial charge < -0.3 is 9.47 Å². The average Bonchev–Trinajstić information content (AvgIpc) is 2.75. The van der Waals surface area contributed by atoms with Crippen LogP contribution in [0, 0.1) is 0 Å². The summed E-state index contributed by atoms with van der Waals surface area (Å²) in [7, 11) is 0. The quantitative estimate of drug-likeness (QED) is 0.394. The highest BCUT2D eigenvalue weighted by molar-refractivity contribution is 5.66. The molecule has 0 saturated carbocycles. The van der Waals surface area contributed by atoms with Gasteiger partial charge in [-0.15, -0.1) is 0 Å². The minimum absolute atomic E-state index is 0.291. The molecular formula is C25H26O3. The zero-order valence-corrected chi connectivity index (χ0v) is 16.4. The van der Waals surface area contributed by atoms with E-state index in [-0.39, 0.29) is 12.1 Å². The van der Waals surface area contributed by atoms with Crippen LogP contribution in [0.15, 0.2) is 91.0 Å². The van der Waals surface area contributed by atoms with Crippen LogP contribution in [0.1, 0.15) is 37.0 Å². The molecule has 0 radical (unpaired) electrons. The molecule has 3 aromatic rings. The number of carbonyl (C=O) groups is 1. The lowest BCUT2D eigenvalue weighted by atomic mass is 9.80. The summed E-state index contributed by atoms with van der Waals surface area (Å²) < 4.78 is 12.1. The van der Waals surface area contributed by atoms with Crippen LogP contribution in [-0.2, 0) is 19.9 Å². The molecule has 1 unspecified atom stereocenters. The summed E-state index contributed by atoms with van der Waals surface area (Å²) in [6.07, 6.45) is 0.390. The zero-order valence-electron chi connectivity index (χ0n) is 16.4. The van der Waals surface area contributed by atoms with Gasteiger partial charge in [-0.2, -0.15) is 0 Å². The topological polar surface area (TPSA) is 35.5 Å². The molecule has 3 heteroatoms. The van der Waals surface area contributed by atoms with E-state index in [1.165, 1.54) is 6.92 Å². The van der Waals surface area contributed by atoms with Crippen molar-refractivity contribution in [2.24, 2.45) is 0 Å². The molecule has 0 bridgehead atoms. The van der Waals surface area contributed by atoms with Crippen LogP contribution in [0.2, 0.25) is 0 Å². The van der Waals surface area contributed by atoms with Crippen molar-refractivity contribution in [3.05, 3.63) is 108 Å². The van der Waals surface area contributed by atoms with E-state index in [4.69, 9.17) is 9.47 Å². The van der Waals surface area contributed by atoms with Crippen molar-refractivity contribution in [1.29, 1.82) is 0 Å². The smallest absolute Gasteiger partial charge is 0.302 e. The molecular weight excluding hydrogens is 348 g/mol. The molecule has 0 aliphatic carbocycles. The van der Waals surface area contributed by atoms with Crippen molar-refractivity contribution in [2.75, 3.05) is 6.61 Å². The van der Waals surface area contributed by atoms with Gasteiger partial charge in [-0.1, -0.05) is 97.9 Å². The van der Waals surface area contributed by atoms with Crippen LogP contribution in [0.25, 0.3) is 0 Å². The lowest BCUT2D eigenvalue weighted by Crippen LogP contribution is -2.36. The molecule has 0 aliphatic rings. The standard InChI is InChI=1S/C25H26O3/c1-3-24(28-20(2)26)19-27-25(21-13-7-4-8-14-21,22-15-9-5-10-16-22)23-17-11-6-12-18-23/h4-18,24H,3,19H2,1-2H3. The van der Waals surface area contributed by atoms with E-state index >= 15 is 0 Å². The Morgan fingerprint density at radius 1 is 0.786 bits per heavy atom. The summed E-state index contributed by atoms with van der Waals surface area (Å²) in [5.74, 6) is -0.291. The molecule has 0 heterocycles. The van der Waals surface area contributed by atoms with Gasteiger partial charge >= 0.3 is 5.97 Å². The molecule has 0 fully saturated rings. The number of rotatable bonds is 8. The second kappa shape index (κ2) is 9.34. The van der Waals surface area contributed by atoms with E-state index in [9.17, 15) is 4.79 Å². The highest BCUT2D eigenvalue weighted by atomic mass is 16.6. The Balaban J connectivity index is 2.12. The summed E-state index contributed by atoms with van der Waals surface area (Å²) in [6.45, 7) is 3.72. The first-order chi connectivity index (χ1) is 13.7. The zero-order chi connectivity index (χ0) is 19.8. The Morgan fingerprint density at radius 3 is 1.50 bits per heavy atom. The van der Waals surface area contributed by atoms with Crippen LogP contribution in [-0.4, -0.2) is 18.7 Å². The minimum atomic E-state index is -0.794. The van der Waals surface area contributed by atoms with E-state index in [0.29, 0.717) is 13.0 Å². The fourth-order valence-electron chi connectivity index (χ4n) is 3.46.